The van der Waals surface area contributed by atoms with Crippen LogP contribution in [-0.4, -0.2) is 56.6 Å². The van der Waals surface area contributed by atoms with Crippen LogP contribution in [0.5, 0.6) is 0 Å². The molecule has 31 heavy (non-hydrogen) atoms. The van der Waals surface area contributed by atoms with Crippen molar-refractivity contribution in [2.24, 2.45) is 0 Å². The van der Waals surface area contributed by atoms with Crippen LogP contribution >= 0.6 is 0 Å². The van der Waals surface area contributed by atoms with Gasteiger partial charge < -0.3 is 10.2 Å². The third kappa shape index (κ3) is 3.58. The minimum atomic E-state index is -0.244. The van der Waals surface area contributed by atoms with Gasteiger partial charge in [-0.05, 0) is 56.4 Å². The topological polar surface area (TPSA) is 95.5 Å². The van der Waals surface area contributed by atoms with Crippen molar-refractivity contribution in [3.63, 3.8) is 0 Å². The summed E-state index contributed by atoms with van der Waals surface area (Å²) in [6.45, 7) is 2.61. The van der Waals surface area contributed by atoms with Gasteiger partial charge in [-0.3, -0.25) is 29.3 Å². The second-order valence-electron chi connectivity index (χ2n) is 8.23. The Morgan fingerprint density at radius 1 is 1.16 bits per heavy atom. The molecule has 3 amide bonds. The molecule has 0 saturated heterocycles. The molecule has 0 bridgehead atoms. The Morgan fingerprint density at radius 2 is 2.00 bits per heavy atom. The van der Waals surface area contributed by atoms with Gasteiger partial charge >= 0.3 is 0 Å². The second-order valence-corrected chi connectivity index (χ2v) is 8.23. The Kier molecular flexibility index (Phi) is 4.77. The first-order valence-corrected chi connectivity index (χ1v) is 10.6. The Bertz CT molecular complexity index is 1100. The summed E-state index contributed by atoms with van der Waals surface area (Å²) in [5, 5.41) is 2.84. The monoisotopic (exact) mass is 417 g/mol. The van der Waals surface area contributed by atoms with Crippen molar-refractivity contribution in [3.8, 4) is 11.3 Å². The molecule has 3 aliphatic rings. The number of nitrogens with one attached hydrogen (secondary N) is 1. The molecule has 1 saturated carbocycles. The number of imide groups is 1. The summed E-state index contributed by atoms with van der Waals surface area (Å²) >= 11 is 0. The fourth-order valence-electron chi connectivity index (χ4n) is 4.25. The summed E-state index contributed by atoms with van der Waals surface area (Å²) < 4.78 is 0. The Balaban J connectivity index is 1.27. The summed E-state index contributed by atoms with van der Waals surface area (Å²) in [5.41, 5.74) is 4.36. The van der Waals surface area contributed by atoms with Crippen LogP contribution in [0.4, 0.5) is 5.69 Å². The highest BCUT2D eigenvalue weighted by Crippen LogP contribution is 2.38. The third-order valence-electron chi connectivity index (χ3n) is 5.96. The largest absolute Gasteiger partial charge is 0.357 e. The van der Waals surface area contributed by atoms with Gasteiger partial charge in [-0.1, -0.05) is 0 Å². The molecule has 8 nitrogen and oxygen atoms in total. The van der Waals surface area contributed by atoms with Gasteiger partial charge in [0.1, 0.15) is 5.70 Å². The first-order chi connectivity index (χ1) is 15.0. The smallest absolute Gasteiger partial charge is 0.277 e. The molecule has 2 aromatic heterocycles. The minimum Gasteiger partial charge on any atom is -0.357 e. The zero-order valence-electron chi connectivity index (χ0n) is 17.3. The van der Waals surface area contributed by atoms with Crippen molar-refractivity contribution < 1.29 is 14.4 Å². The molecule has 1 aliphatic carbocycles. The van der Waals surface area contributed by atoms with Gasteiger partial charge in [-0.2, -0.15) is 0 Å². The highest BCUT2D eigenvalue weighted by Gasteiger charge is 2.48. The van der Waals surface area contributed by atoms with Crippen LogP contribution in [0.15, 0.2) is 48.1 Å². The lowest BCUT2D eigenvalue weighted by atomic mass is 10.0. The van der Waals surface area contributed by atoms with Crippen LogP contribution in [0.1, 0.15) is 31.2 Å². The van der Waals surface area contributed by atoms with Crippen molar-refractivity contribution >= 4 is 23.4 Å². The van der Waals surface area contributed by atoms with E-state index in [1.54, 1.807) is 29.6 Å². The Labute approximate surface area is 180 Å². The third-order valence-corrected chi connectivity index (χ3v) is 5.96. The normalized spacial score (nSPS) is 18.5. The maximum absolute atomic E-state index is 12.8. The van der Waals surface area contributed by atoms with Crippen molar-refractivity contribution in [1.82, 2.24) is 19.8 Å². The minimum absolute atomic E-state index is 0.0276. The van der Waals surface area contributed by atoms with Gasteiger partial charge in [0.2, 0.25) is 5.91 Å². The first kappa shape index (κ1) is 19.4. The fourth-order valence-corrected chi connectivity index (χ4v) is 4.25. The molecule has 2 aliphatic heterocycles. The lowest BCUT2D eigenvalue weighted by Crippen LogP contribution is -2.40. The van der Waals surface area contributed by atoms with Crippen LogP contribution in [0.25, 0.3) is 11.3 Å². The number of carbonyl (C=O) groups is 3. The summed E-state index contributed by atoms with van der Waals surface area (Å²) in [6.07, 6.45) is 8.22. The molecule has 1 fully saturated rings. The van der Waals surface area contributed by atoms with E-state index in [1.807, 2.05) is 19.1 Å². The number of nitrogens with zero attached hydrogens (tertiary/aromatic N) is 4. The summed E-state index contributed by atoms with van der Waals surface area (Å²) in [6, 6.07) is 5.60. The SMILES string of the molecule is Cc1ccncc1-c1ccc(NC(=O)CN2CCCC3=C2C(=O)N(C2CC2)C3=O)cn1. The first-order valence-electron chi connectivity index (χ1n) is 10.6. The van der Waals surface area contributed by atoms with E-state index in [4.69, 9.17) is 0 Å². The molecule has 0 atom stereocenters. The van der Waals surface area contributed by atoms with Crippen LogP contribution in [0.3, 0.4) is 0 Å². The van der Waals surface area contributed by atoms with Gasteiger partial charge in [-0.15, -0.1) is 0 Å². The summed E-state index contributed by atoms with van der Waals surface area (Å²) in [7, 11) is 0. The van der Waals surface area contributed by atoms with Crippen LogP contribution < -0.4 is 5.32 Å². The number of carbonyl (C=O) groups excluding carboxylic acids is 3. The zero-order valence-corrected chi connectivity index (χ0v) is 17.3. The van der Waals surface area contributed by atoms with E-state index >= 15 is 0 Å². The van der Waals surface area contributed by atoms with Gasteiger partial charge in [0.25, 0.3) is 11.8 Å². The number of amides is 3. The van der Waals surface area contributed by atoms with E-state index in [0.29, 0.717) is 29.9 Å². The van der Waals surface area contributed by atoms with Gasteiger partial charge in [-0.25, -0.2) is 0 Å². The van der Waals surface area contributed by atoms with Crippen molar-refractivity contribution in [2.75, 3.05) is 18.4 Å². The predicted molar refractivity (Wildman–Crippen MR) is 114 cm³/mol. The molecule has 1 N–H and O–H groups in total. The highest BCUT2D eigenvalue weighted by molar-refractivity contribution is 6.19. The van der Waals surface area contributed by atoms with Crippen molar-refractivity contribution in [2.45, 2.75) is 38.6 Å². The van der Waals surface area contributed by atoms with E-state index in [2.05, 4.69) is 15.3 Å². The van der Waals surface area contributed by atoms with E-state index < -0.39 is 0 Å². The van der Waals surface area contributed by atoms with Crippen LogP contribution in [0, 0.1) is 6.92 Å². The lowest BCUT2D eigenvalue weighted by Gasteiger charge is -2.28. The van der Waals surface area contributed by atoms with Gasteiger partial charge in [0.15, 0.2) is 0 Å². The second kappa shape index (κ2) is 7.61. The molecule has 5 rings (SSSR count). The lowest BCUT2D eigenvalue weighted by molar-refractivity contribution is -0.138. The fraction of sp³-hybridized carbons (Fsp3) is 0.348. The average Bonchev–Trinajstić information content (AvgIpc) is 3.56. The van der Waals surface area contributed by atoms with Gasteiger partial charge in [0.05, 0.1) is 24.1 Å². The van der Waals surface area contributed by atoms with Gasteiger partial charge in [0, 0.05) is 36.1 Å². The van der Waals surface area contributed by atoms with Crippen molar-refractivity contribution in [1.29, 1.82) is 0 Å². The molecule has 0 aromatic carbocycles. The van der Waals surface area contributed by atoms with E-state index in [9.17, 15) is 14.4 Å². The quantitative estimate of drug-likeness (QED) is 0.750. The number of aryl methyl sites for hydroxylation is 1. The van der Waals surface area contributed by atoms with E-state index in [1.165, 1.54) is 4.90 Å². The molecule has 158 valence electrons. The highest BCUT2D eigenvalue weighted by atomic mass is 16.2. The van der Waals surface area contributed by atoms with Crippen LogP contribution in [-0.2, 0) is 14.4 Å². The maximum Gasteiger partial charge on any atom is 0.277 e. The maximum atomic E-state index is 12.8. The number of rotatable bonds is 5. The molecule has 0 spiro atoms. The molecule has 2 aromatic rings. The summed E-state index contributed by atoms with van der Waals surface area (Å²) in [4.78, 5) is 49.9. The molecule has 0 unspecified atom stereocenters. The molecule has 0 radical (unpaired) electrons. The van der Waals surface area contributed by atoms with E-state index in [0.717, 1.165) is 36.1 Å². The summed E-state index contributed by atoms with van der Waals surface area (Å²) in [5.74, 6) is -0.656. The molecule has 8 heteroatoms. The molecular formula is C23H23N5O3. The molecule has 4 heterocycles. The standard InChI is InChI=1S/C23H23N5O3/c1-14-8-9-24-12-18(14)19-7-4-15(11-25-19)26-20(29)13-27-10-2-3-17-21(27)23(31)28(22(17)30)16-5-6-16/h4,7-9,11-12,16H,2-3,5-6,10,13H2,1H3,(H,26,29). The number of aromatic nitrogens is 2. The van der Waals surface area contributed by atoms with Crippen LogP contribution in [0.2, 0.25) is 0 Å². The molecular weight excluding hydrogens is 394 g/mol. The Hall–Kier alpha value is -3.55. The average molecular weight is 417 g/mol. The van der Waals surface area contributed by atoms with E-state index in [-0.39, 0.29) is 30.3 Å². The zero-order chi connectivity index (χ0) is 21.5. The number of hydrogen-bond acceptors (Lipinski definition) is 6. The Morgan fingerprint density at radius 3 is 2.71 bits per heavy atom. The van der Waals surface area contributed by atoms with Crippen molar-refractivity contribution in [3.05, 3.63) is 53.6 Å². The number of hydrogen-bond donors (Lipinski definition) is 1. The number of anilines is 1. The predicted octanol–water partition coefficient (Wildman–Crippen LogP) is 2.27. The number of pyridine rings is 2.